The van der Waals surface area contributed by atoms with Crippen LogP contribution in [0, 0.1) is 11.6 Å². The highest BCUT2D eigenvalue weighted by atomic mass is 79.9. The van der Waals surface area contributed by atoms with Crippen molar-refractivity contribution in [2.75, 3.05) is 5.32 Å². The summed E-state index contributed by atoms with van der Waals surface area (Å²) in [5.74, 6) is -2.62. The predicted molar refractivity (Wildman–Crippen MR) is 66.4 cm³/mol. The van der Waals surface area contributed by atoms with E-state index in [1.54, 1.807) is 0 Å². The Labute approximate surface area is 112 Å². The number of rotatable bonds is 3. The molecule has 0 atom stereocenters. The first-order chi connectivity index (χ1) is 8.47. The Kier molecular flexibility index (Phi) is 3.58. The molecule has 94 valence electrons. The zero-order chi connectivity index (χ0) is 13.3. The number of aromatic carboxylic acids is 1. The van der Waals surface area contributed by atoms with Gasteiger partial charge in [0.15, 0.2) is 5.13 Å². The second kappa shape index (κ2) is 4.99. The van der Waals surface area contributed by atoms with Crippen LogP contribution in [-0.4, -0.2) is 16.1 Å². The van der Waals surface area contributed by atoms with Gasteiger partial charge in [0.25, 0.3) is 0 Å². The van der Waals surface area contributed by atoms with E-state index in [9.17, 15) is 13.6 Å². The van der Waals surface area contributed by atoms with Crippen molar-refractivity contribution >= 4 is 44.1 Å². The number of hydrogen-bond acceptors (Lipinski definition) is 4. The molecule has 0 spiro atoms. The number of nitrogens with zero attached hydrogens (tertiary/aromatic N) is 1. The molecule has 0 unspecified atom stereocenters. The van der Waals surface area contributed by atoms with Gasteiger partial charge in [-0.2, -0.15) is 0 Å². The van der Waals surface area contributed by atoms with E-state index >= 15 is 0 Å². The van der Waals surface area contributed by atoms with Crippen LogP contribution >= 0.6 is 27.3 Å². The summed E-state index contributed by atoms with van der Waals surface area (Å²) in [5, 5.41) is 11.5. The Bertz CT molecular complexity index is 618. The molecule has 0 aliphatic carbocycles. The van der Waals surface area contributed by atoms with Crippen molar-refractivity contribution in [1.82, 2.24) is 4.98 Å². The van der Waals surface area contributed by atoms with Gasteiger partial charge in [0.05, 0.1) is 16.4 Å². The molecule has 0 bridgehead atoms. The second-order valence-corrected chi connectivity index (χ2v) is 5.09. The molecule has 2 N–H and O–H groups in total. The monoisotopic (exact) mass is 334 g/mol. The molecular weight excluding hydrogens is 330 g/mol. The smallest absolute Gasteiger partial charge is 0.347 e. The summed E-state index contributed by atoms with van der Waals surface area (Å²) in [6, 6.07) is 1.94. The van der Waals surface area contributed by atoms with Crippen LogP contribution in [0.4, 0.5) is 19.6 Å². The number of anilines is 2. The SMILES string of the molecule is O=C(O)c1cnc(Nc2cc(Br)c(F)cc2F)s1. The van der Waals surface area contributed by atoms with E-state index in [2.05, 4.69) is 26.2 Å². The molecule has 0 aliphatic rings. The van der Waals surface area contributed by atoms with Crippen LogP contribution in [0.15, 0.2) is 22.8 Å². The van der Waals surface area contributed by atoms with Crippen LogP contribution in [0.3, 0.4) is 0 Å². The lowest BCUT2D eigenvalue weighted by Gasteiger charge is -2.05. The Morgan fingerprint density at radius 1 is 1.39 bits per heavy atom. The number of carboxylic acids is 1. The van der Waals surface area contributed by atoms with Gasteiger partial charge in [-0.05, 0) is 22.0 Å². The molecule has 4 nitrogen and oxygen atoms in total. The van der Waals surface area contributed by atoms with Crippen LogP contribution in [0.2, 0.25) is 0 Å². The number of carboxylic acid groups (broad SMARTS) is 1. The van der Waals surface area contributed by atoms with Crippen LogP contribution in [0.25, 0.3) is 0 Å². The van der Waals surface area contributed by atoms with Gasteiger partial charge in [0.2, 0.25) is 0 Å². The third-order valence-electron chi connectivity index (χ3n) is 1.97. The number of carbonyl (C=O) groups is 1. The van der Waals surface area contributed by atoms with Crippen LogP contribution < -0.4 is 5.32 Å². The molecule has 0 saturated heterocycles. The first-order valence-electron chi connectivity index (χ1n) is 4.58. The quantitative estimate of drug-likeness (QED) is 0.841. The summed E-state index contributed by atoms with van der Waals surface area (Å²) in [4.78, 5) is 14.4. The summed E-state index contributed by atoms with van der Waals surface area (Å²) in [6.07, 6.45) is 1.16. The molecule has 1 aromatic carbocycles. The maximum Gasteiger partial charge on any atom is 0.347 e. The van der Waals surface area contributed by atoms with E-state index in [0.717, 1.165) is 23.6 Å². The lowest BCUT2D eigenvalue weighted by Crippen LogP contribution is -1.94. The topological polar surface area (TPSA) is 62.2 Å². The number of benzene rings is 1. The minimum atomic E-state index is -1.11. The van der Waals surface area contributed by atoms with Crippen molar-refractivity contribution in [2.24, 2.45) is 0 Å². The van der Waals surface area contributed by atoms with Crippen molar-refractivity contribution in [3.05, 3.63) is 39.3 Å². The molecule has 0 amide bonds. The van der Waals surface area contributed by atoms with E-state index in [1.165, 1.54) is 6.07 Å². The number of aromatic nitrogens is 1. The van der Waals surface area contributed by atoms with E-state index in [-0.39, 0.29) is 20.2 Å². The molecule has 18 heavy (non-hydrogen) atoms. The standard InChI is InChI=1S/C10H5BrF2N2O2S/c11-4-1-7(6(13)2-5(4)12)15-10-14-3-8(18-10)9(16)17/h1-3H,(H,14,15)(H,16,17). The summed E-state index contributed by atoms with van der Waals surface area (Å²) in [7, 11) is 0. The molecule has 8 heteroatoms. The van der Waals surface area contributed by atoms with E-state index in [4.69, 9.17) is 5.11 Å². The third kappa shape index (κ3) is 2.65. The number of hydrogen-bond donors (Lipinski definition) is 2. The lowest BCUT2D eigenvalue weighted by atomic mass is 10.3. The van der Waals surface area contributed by atoms with Gasteiger partial charge in [-0.15, -0.1) is 0 Å². The summed E-state index contributed by atoms with van der Waals surface area (Å²) < 4.78 is 26.5. The molecule has 1 heterocycles. The normalized spacial score (nSPS) is 10.4. The highest BCUT2D eigenvalue weighted by Crippen LogP contribution is 2.28. The number of halogens is 3. The fourth-order valence-electron chi connectivity index (χ4n) is 1.16. The molecule has 2 aromatic rings. The fraction of sp³-hybridized carbons (Fsp3) is 0. The molecule has 0 fully saturated rings. The Morgan fingerprint density at radius 3 is 2.72 bits per heavy atom. The largest absolute Gasteiger partial charge is 0.477 e. The minimum absolute atomic E-state index is 0.00886. The van der Waals surface area contributed by atoms with Gasteiger partial charge in [0, 0.05) is 6.07 Å². The fourth-order valence-corrected chi connectivity index (χ4v) is 2.18. The van der Waals surface area contributed by atoms with Gasteiger partial charge < -0.3 is 10.4 Å². The molecular formula is C10H5BrF2N2O2S. The van der Waals surface area contributed by atoms with Gasteiger partial charge >= 0.3 is 5.97 Å². The lowest BCUT2D eigenvalue weighted by molar-refractivity contribution is 0.0702. The summed E-state index contributed by atoms with van der Waals surface area (Å²) in [5.41, 5.74) is 0.00886. The first-order valence-corrected chi connectivity index (χ1v) is 6.19. The Hall–Kier alpha value is -1.54. The first kappa shape index (κ1) is 12.9. The van der Waals surface area contributed by atoms with Gasteiger partial charge in [-0.1, -0.05) is 11.3 Å². The van der Waals surface area contributed by atoms with Crippen molar-refractivity contribution in [3.63, 3.8) is 0 Å². The second-order valence-electron chi connectivity index (χ2n) is 3.21. The van der Waals surface area contributed by atoms with Gasteiger partial charge in [-0.25, -0.2) is 18.6 Å². The van der Waals surface area contributed by atoms with E-state index in [0.29, 0.717) is 0 Å². The minimum Gasteiger partial charge on any atom is -0.477 e. The molecule has 0 radical (unpaired) electrons. The number of nitrogens with one attached hydrogen (secondary N) is 1. The zero-order valence-electron chi connectivity index (χ0n) is 8.58. The third-order valence-corrected chi connectivity index (χ3v) is 3.48. The number of thiazole rings is 1. The Morgan fingerprint density at radius 2 is 2.11 bits per heavy atom. The van der Waals surface area contributed by atoms with Crippen molar-refractivity contribution in [2.45, 2.75) is 0 Å². The van der Waals surface area contributed by atoms with E-state index in [1.807, 2.05) is 0 Å². The highest BCUT2D eigenvalue weighted by molar-refractivity contribution is 9.10. The van der Waals surface area contributed by atoms with Crippen molar-refractivity contribution in [3.8, 4) is 0 Å². The molecule has 0 saturated carbocycles. The average molecular weight is 335 g/mol. The average Bonchev–Trinajstić information content (AvgIpc) is 2.74. The zero-order valence-corrected chi connectivity index (χ0v) is 11.0. The van der Waals surface area contributed by atoms with Crippen LogP contribution in [0.5, 0.6) is 0 Å². The maximum absolute atomic E-state index is 13.4. The maximum atomic E-state index is 13.4. The van der Waals surface area contributed by atoms with Gasteiger partial charge in [-0.3, -0.25) is 0 Å². The summed E-state index contributed by atoms with van der Waals surface area (Å²) >= 11 is 3.79. The Balaban J connectivity index is 2.28. The molecule has 0 aliphatic heterocycles. The summed E-state index contributed by atoms with van der Waals surface area (Å²) in [6.45, 7) is 0. The van der Waals surface area contributed by atoms with Crippen molar-refractivity contribution in [1.29, 1.82) is 0 Å². The highest BCUT2D eigenvalue weighted by Gasteiger charge is 2.12. The van der Waals surface area contributed by atoms with E-state index < -0.39 is 17.6 Å². The van der Waals surface area contributed by atoms with Crippen molar-refractivity contribution < 1.29 is 18.7 Å². The van der Waals surface area contributed by atoms with Gasteiger partial charge in [0.1, 0.15) is 16.5 Å². The van der Waals surface area contributed by atoms with Crippen LogP contribution in [-0.2, 0) is 0 Å². The predicted octanol–water partition coefficient (Wildman–Crippen LogP) is 3.63. The van der Waals surface area contributed by atoms with Crippen LogP contribution in [0.1, 0.15) is 9.67 Å². The molecule has 2 rings (SSSR count). The molecule has 1 aromatic heterocycles.